The molecule has 4 rings (SSSR count). The fourth-order valence-corrected chi connectivity index (χ4v) is 4.24. The number of hydrogen-bond acceptors (Lipinski definition) is 4. The van der Waals surface area contributed by atoms with Gasteiger partial charge in [-0.05, 0) is 12.5 Å². The number of methoxy groups -OCH3 is 1. The van der Waals surface area contributed by atoms with E-state index in [4.69, 9.17) is 4.74 Å². The van der Waals surface area contributed by atoms with E-state index >= 15 is 0 Å². The molecule has 0 radical (unpaired) electrons. The second-order valence-electron chi connectivity index (χ2n) is 7.95. The summed E-state index contributed by atoms with van der Waals surface area (Å²) < 4.78 is 5.25. The summed E-state index contributed by atoms with van der Waals surface area (Å²) in [4.78, 5) is 23.7. The van der Waals surface area contributed by atoms with Gasteiger partial charge in [-0.15, -0.1) is 0 Å². The van der Waals surface area contributed by atoms with Crippen LogP contribution in [0.1, 0.15) is 17.2 Å². The Labute approximate surface area is 183 Å². The first-order chi connectivity index (χ1) is 15.2. The third-order valence-corrected chi connectivity index (χ3v) is 5.88. The molecule has 3 aromatic rings. The van der Waals surface area contributed by atoms with Crippen LogP contribution in [0.4, 0.5) is 10.5 Å². The predicted octanol–water partition coefficient (Wildman–Crippen LogP) is 4.51. The molecule has 1 aromatic heterocycles. The van der Waals surface area contributed by atoms with Gasteiger partial charge in [0.2, 0.25) is 0 Å². The molecule has 31 heavy (non-hydrogen) atoms. The Bertz CT molecular complexity index is 1070. The minimum absolute atomic E-state index is 0.164. The molecule has 1 saturated heterocycles. The standard InChI is InChI=1S/C25H28N4O2/c1-18-24(22-11-7-6-10-20(22)14-26-18)28-25(30)27-15-21-16-29(12-13-31-2)17-23(21)19-8-4-3-5-9-19/h3-11,14-15,21,23H,12-13,16-17H2,1-2H3,(H,28,30)/b27-15+/t21?,23-/m0/s1. The van der Waals surface area contributed by atoms with Crippen LogP contribution < -0.4 is 5.32 Å². The molecule has 1 aliphatic heterocycles. The number of likely N-dealkylation sites (tertiary alicyclic amines) is 1. The number of anilines is 1. The highest BCUT2D eigenvalue weighted by Gasteiger charge is 2.32. The summed E-state index contributed by atoms with van der Waals surface area (Å²) in [6, 6.07) is 18.0. The average molecular weight is 417 g/mol. The van der Waals surface area contributed by atoms with E-state index in [2.05, 4.69) is 44.5 Å². The minimum Gasteiger partial charge on any atom is -0.383 e. The summed E-state index contributed by atoms with van der Waals surface area (Å²) in [7, 11) is 1.72. The van der Waals surface area contributed by atoms with E-state index in [0.29, 0.717) is 18.2 Å². The zero-order valence-corrected chi connectivity index (χ0v) is 18.0. The molecule has 1 aliphatic rings. The van der Waals surface area contributed by atoms with Gasteiger partial charge in [0, 0.05) is 61.8 Å². The summed E-state index contributed by atoms with van der Waals surface area (Å²) in [5, 5.41) is 4.90. The predicted molar refractivity (Wildman–Crippen MR) is 125 cm³/mol. The van der Waals surface area contributed by atoms with Crippen molar-refractivity contribution in [2.45, 2.75) is 12.8 Å². The lowest BCUT2D eigenvalue weighted by molar-refractivity contribution is 0.159. The Morgan fingerprint density at radius 1 is 1.19 bits per heavy atom. The van der Waals surface area contributed by atoms with Crippen molar-refractivity contribution in [3.05, 3.63) is 72.1 Å². The van der Waals surface area contributed by atoms with Gasteiger partial charge in [0.25, 0.3) is 0 Å². The number of hydrogen-bond donors (Lipinski definition) is 1. The fourth-order valence-electron chi connectivity index (χ4n) is 4.24. The number of amides is 2. The van der Waals surface area contributed by atoms with E-state index in [1.807, 2.05) is 49.7 Å². The van der Waals surface area contributed by atoms with Crippen LogP contribution in [0.3, 0.4) is 0 Å². The maximum Gasteiger partial charge on any atom is 0.345 e. The van der Waals surface area contributed by atoms with Crippen LogP contribution in [0.5, 0.6) is 0 Å². The molecule has 1 N–H and O–H groups in total. The van der Waals surface area contributed by atoms with Gasteiger partial charge in [0.05, 0.1) is 18.0 Å². The number of ether oxygens (including phenoxy) is 1. The first-order valence-electron chi connectivity index (χ1n) is 10.6. The smallest absolute Gasteiger partial charge is 0.345 e. The van der Waals surface area contributed by atoms with Gasteiger partial charge in [-0.25, -0.2) is 9.79 Å². The molecular formula is C25H28N4O2. The van der Waals surface area contributed by atoms with Gasteiger partial charge in [-0.2, -0.15) is 0 Å². The van der Waals surface area contributed by atoms with Gasteiger partial charge in [-0.1, -0.05) is 54.6 Å². The number of fused-ring (bicyclic) bond motifs is 1. The average Bonchev–Trinajstić information content (AvgIpc) is 3.22. The number of benzene rings is 2. The summed E-state index contributed by atoms with van der Waals surface area (Å²) in [6.07, 6.45) is 3.63. The lowest BCUT2D eigenvalue weighted by Crippen LogP contribution is -2.25. The second-order valence-corrected chi connectivity index (χ2v) is 7.95. The number of pyridine rings is 1. The highest BCUT2D eigenvalue weighted by Crippen LogP contribution is 2.31. The molecule has 1 unspecified atom stereocenters. The van der Waals surface area contributed by atoms with Crippen LogP contribution in [-0.4, -0.2) is 55.5 Å². The molecule has 2 atom stereocenters. The first-order valence-corrected chi connectivity index (χ1v) is 10.6. The number of nitrogens with one attached hydrogen (secondary N) is 1. The van der Waals surface area contributed by atoms with Crippen LogP contribution in [0, 0.1) is 12.8 Å². The molecule has 160 valence electrons. The van der Waals surface area contributed by atoms with Gasteiger partial charge < -0.3 is 10.1 Å². The highest BCUT2D eigenvalue weighted by molar-refractivity contribution is 6.04. The normalized spacial score (nSPS) is 19.3. The van der Waals surface area contributed by atoms with Gasteiger partial charge in [0.1, 0.15) is 0 Å². The van der Waals surface area contributed by atoms with Gasteiger partial charge in [0.15, 0.2) is 0 Å². The van der Waals surface area contributed by atoms with E-state index in [-0.39, 0.29) is 11.9 Å². The largest absolute Gasteiger partial charge is 0.383 e. The molecular weight excluding hydrogens is 388 g/mol. The zero-order chi connectivity index (χ0) is 21.6. The van der Waals surface area contributed by atoms with E-state index in [0.717, 1.165) is 36.1 Å². The van der Waals surface area contributed by atoms with Crippen LogP contribution in [0.15, 0.2) is 65.8 Å². The minimum atomic E-state index is -0.372. The lowest BCUT2D eigenvalue weighted by atomic mass is 9.90. The molecule has 1 fully saturated rings. The number of aliphatic imine (C=N–C) groups is 1. The molecule has 0 spiro atoms. The first kappa shape index (κ1) is 21.2. The molecule has 2 heterocycles. The van der Waals surface area contributed by atoms with Crippen LogP contribution >= 0.6 is 0 Å². The number of urea groups is 1. The highest BCUT2D eigenvalue weighted by atomic mass is 16.5. The van der Waals surface area contributed by atoms with E-state index in [1.54, 1.807) is 7.11 Å². The van der Waals surface area contributed by atoms with Crippen molar-refractivity contribution < 1.29 is 9.53 Å². The van der Waals surface area contributed by atoms with Crippen LogP contribution in [-0.2, 0) is 4.74 Å². The molecule has 0 bridgehead atoms. The zero-order valence-electron chi connectivity index (χ0n) is 18.0. The van der Waals surface area contributed by atoms with Crippen molar-refractivity contribution in [1.82, 2.24) is 9.88 Å². The molecule has 6 heteroatoms. The van der Waals surface area contributed by atoms with Crippen LogP contribution in [0.2, 0.25) is 0 Å². The van der Waals surface area contributed by atoms with Gasteiger partial charge >= 0.3 is 6.03 Å². The van der Waals surface area contributed by atoms with Crippen molar-refractivity contribution in [3.8, 4) is 0 Å². The third-order valence-electron chi connectivity index (χ3n) is 5.88. The molecule has 6 nitrogen and oxygen atoms in total. The number of carbonyl (C=O) groups is 1. The number of carbonyl (C=O) groups excluding carboxylic acids is 1. The third kappa shape index (κ3) is 4.98. The summed E-state index contributed by atoms with van der Waals surface area (Å²) >= 11 is 0. The Morgan fingerprint density at radius 2 is 1.97 bits per heavy atom. The van der Waals surface area contributed by atoms with Crippen LogP contribution in [0.25, 0.3) is 10.8 Å². The van der Waals surface area contributed by atoms with E-state index in [9.17, 15) is 4.79 Å². The Balaban J connectivity index is 1.51. The quantitative estimate of drug-likeness (QED) is 0.601. The van der Waals surface area contributed by atoms with Crippen molar-refractivity contribution in [2.24, 2.45) is 10.9 Å². The SMILES string of the molecule is COCCN1CC(/C=N/C(=O)Nc2c(C)ncc3ccccc23)[C@H](c2ccccc2)C1. The maximum atomic E-state index is 12.7. The maximum absolute atomic E-state index is 12.7. The number of nitrogens with zero attached hydrogens (tertiary/aromatic N) is 3. The second kappa shape index (κ2) is 9.81. The lowest BCUT2D eigenvalue weighted by Gasteiger charge is -2.15. The summed E-state index contributed by atoms with van der Waals surface area (Å²) in [5.74, 6) is 0.465. The van der Waals surface area contributed by atoms with Crippen molar-refractivity contribution in [1.29, 1.82) is 0 Å². The Kier molecular flexibility index (Phi) is 6.70. The fraction of sp³-hybridized carbons (Fsp3) is 0.320. The molecule has 0 saturated carbocycles. The van der Waals surface area contributed by atoms with E-state index in [1.165, 1.54) is 5.56 Å². The molecule has 0 aliphatic carbocycles. The molecule has 2 amide bonds. The Morgan fingerprint density at radius 3 is 2.77 bits per heavy atom. The van der Waals surface area contributed by atoms with E-state index < -0.39 is 0 Å². The van der Waals surface area contributed by atoms with Crippen molar-refractivity contribution in [3.63, 3.8) is 0 Å². The summed E-state index contributed by atoms with van der Waals surface area (Å²) in [6.45, 7) is 5.24. The summed E-state index contributed by atoms with van der Waals surface area (Å²) in [5.41, 5.74) is 2.76. The number of aryl methyl sites for hydroxylation is 1. The van der Waals surface area contributed by atoms with Gasteiger partial charge in [-0.3, -0.25) is 9.88 Å². The molecule has 2 aromatic carbocycles. The topological polar surface area (TPSA) is 66.8 Å². The van der Waals surface area contributed by atoms with Crippen molar-refractivity contribution >= 4 is 28.7 Å². The Hall–Kier alpha value is -3.09. The number of rotatable bonds is 6. The monoisotopic (exact) mass is 416 g/mol. The van der Waals surface area contributed by atoms with Crippen molar-refractivity contribution in [2.75, 3.05) is 38.7 Å². The number of aromatic nitrogens is 1.